The van der Waals surface area contributed by atoms with Gasteiger partial charge in [-0.05, 0) is 23.5 Å². The molecule has 1 rings (SSSR count). The van der Waals surface area contributed by atoms with Crippen molar-refractivity contribution in [1.29, 1.82) is 0 Å². The second kappa shape index (κ2) is 8.71. The average Bonchev–Trinajstić information content (AvgIpc) is 2.44. The molecule has 1 aromatic rings. The average molecular weight is 291 g/mol. The van der Waals surface area contributed by atoms with E-state index in [2.05, 4.69) is 39.1 Å². The molecule has 1 amide bonds. The van der Waals surface area contributed by atoms with Crippen LogP contribution in [0.3, 0.4) is 0 Å². The van der Waals surface area contributed by atoms with E-state index < -0.39 is 0 Å². The minimum atomic E-state index is -0.0461. The molecule has 3 nitrogen and oxygen atoms in total. The second-order valence-electron chi connectivity index (χ2n) is 6.45. The standard InChI is InChI=1S/C18H29NO2/c1-5-6-7-10-13-19-17(20)14-21-16-12-9-8-11-15(16)18(2,3)4/h8-9,11-12H,5-7,10,13-14H2,1-4H3,(H,19,20). The van der Waals surface area contributed by atoms with Crippen molar-refractivity contribution in [2.24, 2.45) is 0 Å². The lowest BCUT2D eigenvalue weighted by atomic mass is 9.86. The van der Waals surface area contributed by atoms with E-state index in [-0.39, 0.29) is 17.9 Å². The Morgan fingerprint density at radius 3 is 2.52 bits per heavy atom. The highest BCUT2D eigenvalue weighted by Crippen LogP contribution is 2.30. The van der Waals surface area contributed by atoms with Gasteiger partial charge in [0, 0.05) is 6.54 Å². The van der Waals surface area contributed by atoms with Crippen molar-refractivity contribution in [2.75, 3.05) is 13.2 Å². The molecule has 0 aromatic heterocycles. The van der Waals surface area contributed by atoms with E-state index in [1.54, 1.807) is 0 Å². The number of carbonyl (C=O) groups excluding carboxylic acids is 1. The molecule has 0 aliphatic carbocycles. The summed E-state index contributed by atoms with van der Waals surface area (Å²) in [6.45, 7) is 9.43. The van der Waals surface area contributed by atoms with Gasteiger partial charge < -0.3 is 10.1 Å². The molecular formula is C18H29NO2. The van der Waals surface area contributed by atoms with Crippen molar-refractivity contribution in [3.8, 4) is 5.75 Å². The second-order valence-corrected chi connectivity index (χ2v) is 6.45. The van der Waals surface area contributed by atoms with Crippen molar-refractivity contribution >= 4 is 5.91 Å². The van der Waals surface area contributed by atoms with Crippen LogP contribution in [0.2, 0.25) is 0 Å². The quantitative estimate of drug-likeness (QED) is 0.734. The van der Waals surface area contributed by atoms with Crippen molar-refractivity contribution in [3.05, 3.63) is 29.8 Å². The van der Waals surface area contributed by atoms with Crippen LogP contribution < -0.4 is 10.1 Å². The molecule has 0 bridgehead atoms. The summed E-state index contributed by atoms with van der Waals surface area (Å²) >= 11 is 0. The van der Waals surface area contributed by atoms with Crippen LogP contribution >= 0.6 is 0 Å². The van der Waals surface area contributed by atoms with Gasteiger partial charge in [-0.2, -0.15) is 0 Å². The van der Waals surface area contributed by atoms with Crippen molar-refractivity contribution in [2.45, 2.75) is 58.8 Å². The van der Waals surface area contributed by atoms with Crippen LogP contribution in [-0.4, -0.2) is 19.1 Å². The third-order valence-electron chi connectivity index (χ3n) is 3.41. The maximum atomic E-state index is 11.8. The zero-order valence-electron chi connectivity index (χ0n) is 13.9. The van der Waals surface area contributed by atoms with Crippen LogP contribution in [0.1, 0.15) is 58.9 Å². The van der Waals surface area contributed by atoms with E-state index in [0.29, 0.717) is 0 Å². The molecule has 0 radical (unpaired) electrons. The third-order valence-corrected chi connectivity index (χ3v) is 3.41. The van der Waals surface area contributed by atoms with Crippen LogP contribution in [-0.2, 0) is 10.2 Å². The molecule has 0 unspecified atom stereocenters. The van der Waals surface area contributed by atoms with Crippen LogP contribution in [0.5, 0.6) is 5.75 Å². The molecule has 0 spiro atoms. The molecule has 21 heavy (non-hydrogen) atoms. The first kappa shape index (κ1) is 17.5. The molecule has 0 atom stereocenters. The highest BCUT2D eigenvalue weighted by molar-refractivity contribution is 5.77. The normalized spacial score (nSPS) is 11.2. The van der Waals surface area contributed by atoms with E-state index in [1.807, 2.05) is 18.2 Å². The molecule has 0 aliphatic heterocycles. The predicted octanol–water partition coefficient (Wildman–Crippen LogP) is 4.06. The summed E-state index contributed by atoms with van der Waals surface area (Å²) in [4.78, 5) is 11.8. The lowest BCUT2D eigenvalue weighted by Gasteiger charge is -2.22. The Bertz CT molecular complexity index is 435. The lowest BCUT2D eigenvalue weighted by molar-refractivity contribution is -0.123. The number of nitrogens with one attached hydrogen (secondary N) is 1. The summed E-state index contributed by atoms with van der Waals surface area (Å²) in [5.41, 5.74) is 1.13. The number of para-hydroxylation sites is 1. The maximum absolute atomic E-state index is 11.8. The Morgan fingerprint density at radius 2 is 1.86 bits per heavy atom. The Kier molecular flexibility index (Phi) is 7.27. The van der Waals surface area contributed by atoms with Gasteiger partial charge in [0.2, 0.25) is 0 Å². The van der Waals surface area contributed by atoms with E-state index in [0.717, 1.165) is 24.3 Å². The number of ether oxygens (including phenoxy) is 1. The Morgan fingerprint density at radius 1 is 1.14 bits per heavy atom. The molecule has 0 heterocycles. The first-order valence-electron chi connectivity index (χ1n) is 7.94. The number of carbonyl (C=O) groups is 1. The minimum Gasteiger partial charge on any atom is -0.483 e. The fourth-order valence-electron chi connectivity index (χ4n) is 2.19. The highest BCUT2D eigenvalue weighted by Gasteiger charge is 2.18. The van der Waals surface area contributed by atoms with Crippen molar-refractivity contribution in [1.82, 2.24) is 5.32 Å². The zero-order valence-corrected chi connectivity index (χ0v) is 13.9. The summed E-state index contributed by atoms with van der Waals surface area (Å²) in [5, 5.41) is 2.91. The highest BCUT2D eigenvalue weighted by atomic mass is 16.5. The zero-order chi connectivity index (χ0) is 15.7. The summed E-state index contributed by atoms with van der Waals surface area (Å²) in [5.74, 6) is 0.751. The largest absolute Gasteiger partial charge is 0.483 e. The van der Waals surface area contributed by atoms with Crippen LogP contribution in [0.15, 0.2) is 24.3 Å². The molecule has 3 heteroatoms. The Balaban J connectivity index is 2.40. The number of unbranched alkanes of at least 4 members (excludes halogenated alkanes) is 3. The number of benzene rings is 1. The molecule has 0 fully saturated rings. The molecule has 118 valence electrons. The first-order valence-corrected chi connectivity index (χ1v) is 7.94. The molecule has 0 saturated carbocycles. The topological polar surface area (TPSA) is 38.3 Å². The SMILES string of the molecule is CCCCCCNC(=O)COc1ccccc1C(C)(C)C. The fourth-order valence-corrected chi connectivity index (χ4v) is 2.19. The smallest absolute Gasteiger partial charge is 0.257 e. The summed E-state index contributed by atoms with van der Waals surface area (Å²) in [7, 11) is 0. The van der Waals surface area contributed by atoms with E-state index >= 15 is 0 Å². The van der Waals surface area contributed by atoms with Gasteiger partial charge in [-0.3, -0.25) is 4.79 Å². The van der Waals surface area contributed by atoms with Crippen LogP contribution in [0.25, 0.3) is 0 Å². The van der Waals surface area contributed by atoms with Gasteiger partial charge in [0.1, 0.15) is 5.75 Å². The first-order chi connectivity index (χ1) is 9.95. The summed E-state index contributed by atoms with van der Waals surface area (Å²) in [6.07, 6.45) is 4.65. The predicted molar refractivity (Wildman–Crippen MR) is 87.8 cm³/mol. The van der Waals surface area contributed by atoms with E-state index in [4.69, 9.17) is 4.74 Å². The number of rotatable bonds is 8. The van der Waals surface area contributed by atoms with Gasteiger partial charge in [-0.25, -0.2) is 0 Å². The fraction of sp³-hybridized carbons (Fsp3) is 0.611. The van der Waals surface area contributed by atoms with Gasteiger partial charge in [0.05, 0.1) is 0 Å². The Hall–Kier alpha value is -1.51. The Labute approximate surface area is 129 Å². The van der Waals surface area contributed by atoms with Gasteiger partial charge in [0.15, 0.2) is 6.61 Å². The van der Waals surface area contributed by atoms with Gasteiger partial charge in [-0.1, -0.05) is 65.2 Å². The van der Waals surface area contributed by atoms with E-state index in [1.165, 1.54) is 19.3 Å². The molecule has 0 aliphatic rings. The van der Waals surface area contributed by atoms with Crippen LogP contribution in [0.4, 0.5) is 0 Å². The lowest BCUT2D eigenvalue weighted by Crippen LogP contribution is -2.30. The summed E-state index contributed by atoms with van der Waals surface area (Å²) in [6, 6.07) is 7.92. The number of hydrogen-bond donors (Lipinski definition) is 1. The summed E-state index contributed by atoms with van der Waals surface area (Å²) < 4.78 is 5.69. The van der Waals surface area contributed by atoms with Crippen molar-refractivity contribution < 1.29 is 9.53 Å². The van der Waals surface area contributed by atoms with Crippen molar-refractivity contribution in [3.63, 3.8) is 0 Å². The minimum absolute atomic E-state index is 0.00716. The van der Waals surface area contributed by atoms with Gasteiger partial charge in [-0.15, -0.1) is 0 Å². The third kappa shape index (κ3) is 6.65. The number of hydrogen-bond acceptors (Lipinski definition) is 2. The maximum Gasteiger partial charge on any atom is 0.257 e. The molecular weight excluding hydrogens is 262 g/mol. The molecule has 1 aromatic carbocycles. The van der Waals surface area contributed by atoms with E-state index in [9.17, 15) is 4.79 Å². The van der Waals surface area contributed by atoms with Gasteiger partial charge >= 0.3 is 0 Å². The molecule has 0 saturated heterocycles. The molecule has 1 N–H and O–H groups in total. The monoisotopic (exact) mass is 291 g/mol. The number of amides is 1. The van der Waals surface area contributed by atoms with Gasteiger partial charge in [0.25, 0.3) is 5.91 Å². The van der Waals surface area contributed by atoms with Crippen LogP contribution in [0, 0.1) is 0 Å².